The van der Waals surface area contributed by atoms with Gasteiger partial charge < -0.3 is 14.8 Å². The molecule has 0 amide bonds. The summed E-state index contributed by atoms with van der Waals surface area (Å²) < 4.78 is 2.01. The summed E-state index contributed by atoms with van der Waals surface area (Å²) in [6, 6.07) is 0.612. The van der Waals surface area contributed by atoms with Crippen LogP contribution in [0, 0.1) is 0 Å². The van der Waals surface area contributed by atoms with Gasteiger partial charge in [0.1, 0.15) is 5.82 Å². The molecule has 0 aromatic carbocycles. The van der Waals surface area contributed by atoms with Crippen LogP contribution in [0.1, 0.15) is 18.7 Å². The van der Waals surface area contributed by atoms with Crippen LogP contribution in [0.25, 0.3) is 0 Å². The molecule has 1 N–H and O–H groups in total. The molecule has 4 nitrogen and oxygen atoms in total. The first-order chi connectivity index (χ1) is 7.16. The molecule has 0 saturated heterocycles. The number of thiocarbonyl (C=S) groups is 1. The number of nitrogens with zero attached hydrogens (tertiary/aromatic N) is 3. The summed E-state index contributed by atoms with van der Waals surface area (Å²) in [5, 5.41) is 4.13. The number of rotatable bonds is 3. The summed E-state index contributed by atoms with van der Waals surface area (Å²) in [4.78, 5) is 6.29. The van der Waals surface area contributed by atoms with Crippen LogP contribution in [0.5, 0.6) is 0 Å². The number of imidazole rings is 1. The van der Waals surface area contributed by atoms with E-state index in [-0.39, 0.29) is 0 Å². The Balaban J connectivity index is 1.87. The van der Waals surface area contributed by atoms with Gasteiger partial charge in [-0.3, -0.25) is 0 Å². The molecule has 1 heterocycles. The third-order valence-corrected chi connectivity index (χ3v) is 2.98. The fourth-order valence-corrected chi connectivity index (χ4v) is 1.58. The van der Waals surface area contributed by atoms with Crippen LogP contribution in [0.2, 0.25) is 0 Å². The monoisotopic (exact) mass is 224 g/mol. The molecule has 1 aliphatic carbocycles. The van der Waals surface area contributed by atoms with E-state index in [1.807, 2.05) is 29.8 Å². The zero-order valence-electron chi connectivity index (χ0n) is 9.10. The molecule has 0 unspecified atom stereocenters. The second-order valence-electron chi connectivity index (χ2n) is 4.03. The largest absolute Gasteiger partial charge is 0.360 e. The fraction of sp³-hybridized carbons (Fsp3) is 0.600. The van der Waals surface area contributed by atoms with E-state index in [2.05, 4.69) is 10.3 Å². The summed E-state index contributed by atoms with van der Waals surface area (Å²) in [5.74, 6) is 1.03. The van der Waals surface area contributed by atoms with Gasteiger partial charge in [-0.15, -0.1) is 0 Å². The van der Waals surface area contributed by atoms with Gasteiger partial charge in [-0.05, 0) is 25.1 Å². The van der Waals surface area contributed by atoms with Crippen LogP contribution in [0.4, 0.5) is 0 Å². The first-order valence-electron chi connectivity index (χ1n) is 5.14. The Morgan fingerprint density at radius 3 is 3.00 bits per heavy atom. The van der Waals surface area contributed by atoms with Gasteiger partial charge in [0, 0.05) is 32.5 Å². The van der Waals surface area contributed by atoms with Gasteiger partial charge in [0.05, 0.1) is 6.54 Å². The smallest absolute Gasteiger partial charge is 0.169 e. The van der Waals surface area contributed by atoms with Gasteiger partial charge in [-0.2, -0.15) is 0 Å². The zero-order valence-corrected chi connectivity index (χ0v) is 9.92. The fourth-order valence-electron chi connectivity index (χ4n) is 1.35. The lowest BCUT2D eigenvalue weighted by Gasteiger charge is -2.20. The molecule has 82 valence electrons. The van der Waals surface area contributed by atoms with Crippen LogP contribution < -0.4 is 5.32 Å². The zero-order chi connectivity index (χ0) is 10.8. The van der Waals surface area contributed by atoms with Crippen molar-refractivity contribution < 1.29 is 0 Å². The van der Waals surface area contributed by atoms with E-state index >= 15 is 0 Å². The van der Waals surface area contributed by atoms with Gasteiger partial charge in [0.25, 0.3) is 0 Å². The highest BCUT2D eigenvalue weighted by Gasteiger charge is 2.23. The standard InChI is InChI=1S/C10H16N4S/c1-13-6-5-11-9(13)7-14(2)10(15)12-8-3-4-8/h5-6,8H,3-4,7H2,1-2H3,(H,12,15). The first-order valence-corrected chi connectivity index (χ1v) is 5.55. The summed E-state index contributed by atoms with van der Waals surface area (Å²) in [5.41, 5.74) is 0. The lowest BCUT2D eigenvalue weighted by molar-refractivity contribution is 0.464. The quantitative estimate of drug-likeness (QED) is 0.773. The third kappa shape index (κ3) is 2.68. The maximum Gasteiger partial charge on any atom is 0.169 e. The summed E-state index contributed by atoms with van der Waals surface area (Å²) in [6.45, 7) is 0.752. The lowest BCUT2D eigenvalue weighted by Crippen LogP contribution is -2.38. The van der Waals surface area contributed by atoms with E-state index in [9.17, 15) is 0 Å². The molecular formula is C10H16N4S. The van der Waals surface area contributed by atoms with Crippen molar-refractivity contribution in [1.82, 2.24) is 19.8 Å². The number of hydrogen-bond donors (Lipinski definition) is 1. The summed E-state index contributed by atoms with van der Waals surface area (Å²) >= 11 is 5.29. The average molecular weight is 224 g/mol. The maximum absolute atomic E-state index is 5.29. The van der Waals surface area contributed by atoms with Crippen molar-refractivity contribution in [1.29, 1.82) is 0 Å². The number of nitrogens with one attached hydrogen (secondary N) is 1. The summed E-state index contributed by atoms with van der Waals surface area (Å²) in [6.07, 6.45) is 6.24. The lowest BCUT2D eigenvalue weighted by atomic mass is 10.5. The number of aryl methyl sites for hydroxylation is 1. The molecule has 1 aromatic rings. The van der Waals surface area contributed by atoms with Gasteiger partial charge in [0.2, 0.25) is 0 Å². The van der Waals surface area contributed by atoms with Crippen molar-refractivity contribution in [2.45, 2.75) is 25.4 Å². The molecule has 0 spiro atoms. The van der Waals surface area contributed by atoms with E-state index in [4.69, 9.17) is 12.2 Å². The molecule has 1 saturated carbocycles. The number of hydrogen-bond acceptors (Lipinski definition) is 2. The number of aromatic nitrogens is 2. The third-order valence-electron chi connectivity index (χ3n) is 2.55. The SMILES string of the molecule is CN(Cc1nccn1C)C(=S)NC1CC1. The highest BCUT2D eigenvalue weighted by molar-refractivity contribution is 7.80. The second kappa shape index (κ2) is 4.18. The van der Waals surface area contributed by atoms with E-state index < -0.39 is 0 Å². The van der Waals surface area contributed by atoms with E-state index in [1.165, 1.54) is 12.8 Å². The Kier molecular flexibility index (Phi) is 2.90. The van der Waals surface area contributed by atoms with Gasteiger partial charge in [0.15, 0.2) is 5.11 Å². The minimum Gasteiger partial charge on any atom is -0.360 e. The topological polar surface area (TPSA) is 33.1 Å². The predicted octanol–water partition coefficient (Wildman–Crippen LogP) is 0.889. The second-order valence-corrected chi connectivity index (χ2v) is 4.42. The minimum atomic E-state index is 0.612. The van der Waals surface area contributed by atoms with Crippen LogP contribution in [-0.2, 0) is 13.6 Å². The van der Waals surface area contributed by atoms with E-state index in [0.717, 1.165) is 17.5 Å². The van der Waals surface area contributed by atoms with Crippen molar-refractivity contribution in [2.24, 2.45) is 7.05 Å². The predicted molar refractivity (Wildman–Crippen MR) is 63.4 cm³/mol. The van der Waals surface area contributed by atoms with Crippen molar-refractivity contribution >= 4 is 17.3 Å². The summed E-state index contributed by atoms with van der Waals surface area (Å²) in [7, 11) is 3.99. The average Bonchev–Trinajstić information content (AvgIpc) is 2.92. The van der Waals surface area contributed by atoms with E-state index in [1.54, 1.807) is 6.20 Å². The maximum atomic E-state index is 5.29. The van der Waals surface area contributed by atoms with Gasteiger partial charge in [-0.1, -0.05) is 0 Å². The molecule has 1 aliphatic rings. The Bertz CT molecular complexity index is 356. The molecule has 5 heteroatoms. The molecule has 15 heavy (non-hydrogen) atoms. The van der Waals surface area contributed by atoms with Crippen LogP contribution >= 0.6 is 12.2 Å². The van der Waals surface area contributed by atoms with Gasteiger partial charge >= 0.3 is 0 Å². The Morgan fingerprint density at radius 2 is 2.47 bits per heavy atom. The van der Waals surface area contributed by atoms with Crippen molar-refractivity contribution in [3.8, 4) is 0 Å². The van der Waals surface area contributed by atoms with Crippen LogP contribution in [0.3, 0.4) is 0 Å². The molecule has 2 rings (SSSR count). The first kappa shape index (κ1) is 10.4. The molecule has 1 aromatic heterocycles. The van der Waals surface area contributed by atoms with Crippen molar-refractivity contribution in [2.75, 3.05) is 7.05 Å². The molecule has 0 atom stereocenters. The molecule has 0 bridgehead atoms. The highest BCUT2D eigenvalue weighted by atomic mass is 32.1. The molecule has 1 fully saturated rings. The molecule has 0 aliphatic heterocycles. The highest BCUT2D eigenvalue weighted by Crippen LogP contribution is 2.18. The Hall–Kier alpha value is -1.10. The van der Waals surface area contributed by atoms with Crippen LogP contribution in [0.15, 0.2) is 12.4 Å². The minimum absolute atomic E-state index is 0.612. The van der Waals surface area contributed by atoms with Gasteiger partial charge in [-0.25, -0.2) is 4.98 Å². The molecule has 0 radical (unpaired) electrons. The Labute approximate surface area is 95.3 Å². The normalized spacial score (nSPS) is 15.1. The van der Waals surface area contributed by atoms with Crippen LogP contribution in [-0.4, -0.2) is 32.7 Å². The van der Waals surface area contributed by atoms with Crippen molar-refractivity contribution in [3.05, 3.63) is 18.2 Å². The van der Waals surface area contributed by atoms with E-state index in [0.29, 0.717) is 6.04 Å². The molecular weight excluding hydrogens is 208 g/mol. The Morgan fingerprint density at radius 1 is 1.73 bits per heavy atom. The van der Waals surface area contributed by atoms with Crippen molar-refractivity contribution in [3.63, 3.8) is 0 Å².